The number of carbonyl (C=O) groups is 2. The number of methoxy groups -OCH3 is 1. The first-order valence-corrected chi connectivity index (χ1v) is 18.8. The molecule has 6 rings (SSSR count). The van der Waals surface area contributed by atoms with E-state index in [0.29, 0.717) is 53.3 Å². The van der Waals surface area contributed by atoms with Crippen LogP contribution in [0.25, 0.3) is 0 Å². The Kier molecular flexibility index (Phi) is 9.01. The van der Waals surface area contributed by atoms with Crippen molar-refractivity contribution >= 4 is 31.6 Å². The number of benzene rings is 3. The van der Waals surface area contributed by atoms with Gasteiger partial charge in [0.15, 0.2) is 5.60 Å². The van der Waals surface area contributed by atoms with E-state index in [0.717, 1.165) is 5.56 Å². The Labute approximate surface area is 274 Å². The maximum atomic E-state index is 16.2. The fraction of sp³-hybridized carbons (Fsp3) is 0.371. The number of aryl methyl sites for hydroxylation is 1. The summed E-state index contributed by atoms with van der Waals surface area (Å²) < 4.78 is 30.3. The second-order valence-electron chi connectivity index (χ2n) is 12.8. The lowest BCUT2D eigenvalue weighted by molar-refractivity contribution is -0.146. The molecule has 1 aromatic heterocycles. The molecule has 4 atom stereocenters. The first-order valence-electron chi connectivity index (χ1n) is 15.9. The molecule has 3 aromatic carbocycles. The lowest BCUT2D eigenvalue weighted by Crippen LogP contribution is -2.45. The first-order chi connectivity index (χ1) is 22.5. The van der Waals surface area contributed by atoms with Gasteiger partial charge in [0.1, 0.15) is 5.75 Å². The van der Waals surface area contributed by atoms with Gasteiger partial charge in [-0.3, -0.25) is 14.3 Å². The van der Waals surface area contributed by atoms with Crippen molar-refractivity contribution in [1.29, 1.82) is 0 Å². The van der Waals surface area contributed by atoms with E-state index in [9.17, 15) is 14.7 Å². The van der Waals surface area contributed by atoms with E-state index in [2.05, 4.69) is 15.6 Å². The summed E-state index contributed by atoms with van der Waals surface area (Å²) in [6.07, 6.45) is 2.10. The average Bonchev–Trinajstić information content (AvgIpc) is 3.71. The van der Waals surface area contributed by atoms with Crippen LogP contribution in [0, 0.1) is 5.92 Å². The first kappa shape index (κ1) is 32.5. The molecular formula is C35H40FN5O5Si. The third-order valence-corrected chi connectivity index (χ3v) is 11.8. The smallest absolute Gasteiger partial charge is 0.264 e. The van der Waals surface area contributed by atoms with Crippen LogP contribution in [0.1, 0.15) is 40.5 Å². The van der Waals surface area contributed by atoms with Crippen molar-refractivity contribution in [3.05, 3.63) is 101 Å². The number of nitrogens with zero attached hydrogens (tertiary/aromatic N) is 4. The molecule has 0 radical (unpaired) electrons. The highest BCUT2D eigenvalue weighted by Crippen LogP contribution is 2.60. The molecule has 47 heavy (non-hydrogen) atoms. The molecule has 1 fully saturated rings. The van der Waals surface area contributed by atoms with Crippen LogP contribution < -0.4 is 15.0 Å². The van der Waals surface area contributed by atoms with Gasteiger partial charge in [-0.2, -0.15) is 0 Å². The Balaban J connectivity index is 1.28. The molecule has 2 amide bonds. The summed E-state index contributed by atoms with van der Waals surface area (Å²) in [5.74, 6) is -0.295. The van der Waals surface area contributed by atoms with Gasteiger partial charge in [-0.15, -0.1) is 5.10 Å². The number of rotatable bonds is 11. The van der Waals surface area contributed by atoms with Crippen molar-refractivity contribution in [3.63, 3.8) is 0 Å². The molecule has 12 heteroatoms. The summed E-state index contributed by atoms with van der Waals surface area (Å²) in [5, 5.41) is 20.4. The Morgan fingerprint density at radius 1 is 1.13 bits per heavy atom. The summed E-state index contributed by atoms with van der Waals surface area (Å²) >= 11 is 0. The molecule has 2 aliphatic heterocycles. The molecule has 1 spiro atoms. The van der Waals surface area contributed by atoms with Crippen LogP contribution in [0.2, 0.25) is 18.6 Å². The number of aliphatic hydroxyl groups excluding tert-OH is 1. The van der Waals surface area contributed by atoms with Gasteiger partial charge in [0.25, 0.3) is 11.8 Å². The van der Waals surface area contributed by atoms with Crippen LogP contribution in [0.4, 0.5) is 15.5 Å². The molecule has 0 saturated carbocycles. The molecule has 4 aromatic rings. The largest absolute Gasteiger partial charge is 0.497 e. The quantitative estimate of drug-likeness (QED) is 0.162. The van der Waals surface area contributed by atoms with Crippen molar-refractivity contribution in [1.82, 2.24) is 15.0 Å². The normalized spacial score (nSPS) is 22.1. The minimum absolute atomic E-state index is 0.0232. The lowest BCUT2D eigenvalue weighted by Gasteiger charge is -2.31. The van der Waals surface area contributed by atoms with Crippen molar-refractivity contribution in [2.45, 2.75) is 63.2 Å². The van der Waals surface area contributed by atoms with Crippen molar-refractivity contribution in [2.75, 3.05) is 23.9 Å². The summed E-state index contributed by atoms with van der Waals surface area (Å²) in [6, 6.07) is 21.9. The number of anilines is 2. The van der Waals surface area contributed by atoms with Gasteiger partial charge < -0.3 is 28.9 Å². The molecule has 3 heterocycles. The number of hydrogen-bond donors (Lipinski definition) is 2. The molecular weight excluding hydrogens is 617 g/mol. The van der Waals surface area contributed by atoms with Gasteiger partial charge in [0.2, 0.25) is 8.41 Å². The number of ether oxygens (including phenoxy) is 2. The molecule has 1 saturated heterocycles. The van der Waals surface area contributed by atoms with E-state index in [1.54, 1.807) is 48.1 Å². The fourth-order valence-corrected chi connectivity index (χ4v) is 9.73. The van der Waals surface area contributed by atoms with Crippen LogP contribution in [0.3, 0.4) is 0 Å². The second-order valence-corrected chi connectivity index (χ2v) is 16.6. The molecule has 0 unspecified atom stereocenters. The van der Waals surface area contributed by atoms with Crippen LogP contribution >= 0.6 is 0 Å². The highest BCUT2D eigenvalue weighted by atomic mass is 28.4. The van der Waals surface area contributed by atoms with E-state index < -0.39 is 31.6 Å². The Bertz CT molecular complexity index is 1750. The number of aliphatic hydroxyl groups is 1. The summed E-state index contributed by atoms with van der Waals surface area (Å²) in [6.45, 7) is 5.97. The Morgan fingerprint density at radius 2 is 1.87 bits per heavy atom. The number of aromatic nitrogens is 3. The standard InChI is InChI=1S/C35H40FN5O5Si/c1-23-32(47(3,4)36)31(16-18-40-22-27(17-19-42)38-39-40)46-35(23)29-20-28(45-2)14-15-30(29)41(34(35)44)21-24-10-12-26(13-11-24)37-33(43)25-8-6-5-7-9-25/h5-15,20,22-23,31-32,42H,16-19,21H2,1-4H3,(H,37,43)/t23-,31+,32-,35+/m0/s1. The maximum Gasteiger partial charge on any atom is 0.264 e. The zero-order chi connectivity index (χ0) is 33.3. The number of hydrogen-bond acceptors (Lipinski definition) is 7. The van der Waals surface area contributed by atoms with Crippen molar-refractivity contribution < 1.29 is 28.3 Å². The molecule has 246 valence electrons. The predicted octanol–water partition coefficient (Wildman–Crippen LogP) is 5.49. The number of amides is 2. The number of carbonyl (C=O) groups excluding carboxylic acids is 2. The minimum Gasteiger partial charge on any atom is -0.497 e. The third kappa shape index (κ3) is 6.20. The molecule has 0 aliphatic carbocycles. The van der Waals surface area contributed by atoms with Crippen LogP contribution in [-0.4, -0.2) is 60.1 Å². The van der Waals surface area contributed by atoms with Crippen LogP contribution in [0.15, 0.2) is 79.0 Å². The zero-order valence-electron chi connectivity index (χ0n) is 27.0. The van der Waals surface area contributed by atoms with Gasteiger partial charge >= 0.3 is 0 Å². The van der Waals surface area contributed by atoms with Crippen molar-refractivity contribution in [3.8, 4) is 5.75 Å². The number of fused-ring (bicyclic) bond motifs is 2. The average molecular weight is 658 g/mol. The van der Waals surface area contributed by atoms with Gasteiger partial charge in [-0.25, -0.2) is 0 Å². The monoisotopic (exact) mass is 657 g/mol. The summed E-state index contributed by atoms with van der Waals surface area (Å²) in [7, 11) is -1.77. The van der Waals surface area contributed by atoms with E-state index in [4.69, 9.17) is 9.47 Å². The molecule has 10 nitrogen and oxygen atoms in total. The zero-order valence-corrected chi connectivity index (χ0v) is 28.0. The Morgan fingerprint density at radius 3 is 2.55 bits per heavy atom. The van der Waals surface area contributed by atoms with Gasteiger partial charge in [-0.1, -0.05) is 42.5 Å². The number of halogens is 1. The number of nitrogens with one attached hydrogen (secondary N) is 1. The van der Waals surface area contributed by atoms with Gasteiger partial charge in [0, 0.05) is 54.0 Å². The van der Waals surface area contributed by atoms with E-state index in [-0.39, 0.29) is 25.0 Å². The van der Waals surface area contributed by atoms with Gasteiger partial charge in [-0.05, 0) is 67.5 Å². The molecule has 2 N–H and O–H groups in total. The maximum absolute atomic E-state index is 16.2. The third-order valence-electron chi connectivity index (χ3n) is 9.35. The van der Waals surface area contributed by atoms with E-state index in [1.165, 1.54) is 0 Å². The highest BCUT2D eigenvalue weighted by molar-refractivity contribution is 6.72. The van der Waals surface area contributed by atoms with Crippen LogP contribution in [-0.2, 0) is 34.6 Å². The highest BCUT2D eigenvalue weighted by Gasteiger charge is 2.66. The summed E-state index contributed by atoms with van der Waals surface area (Å²) in [5.41, 5.74) is 2.27. The molecule has 2 aliphatic rings. The molecule has 0 bridgehead atoms. The van der Waals surface area contributed by atoms with Crippen molar-refractivity contribution in [2.24, 2.45) is 5.92 Å². The SMILES string of the molecule is COc1ccc2c(c1)[C@@]1(O[C@H](CCn3cc(CCO)nn3)[C@@H]([Si](C)(C)F)[C@@H]1C)C(=O)N2Cc1ccc(NC(=O)c2ccccc2)cc1. The fourth-order valence-electron chi connectivity index (χ4n) is 7.19. The van der Waals surface area contributed by atoms with E-state index >= 15 is 4.11 Å². The minimum atomic E-state index is -3.34. The van der Waals surface area contributed by atoms with E-state index in [1.807, 2.05) is 67.6 Å². The predicted molar refractivity (Wildman–Crippen MR) is 179 cm³/mol. The summed E-state index contributed by atoms with van der Waals surface area (Å²) in [4.78, 5) is 29.0. The Hall–Kier alpha value is -4.39. The second kappa shape index (κ2) is 13.0. The lowest BCUT2D eigenvalue weighted by atomic mass is 9.82. The topological polar surface area (TPSA) is 119 Å². The van der Waals surface area contributed by atoms with Gasteiger partial charge in [0.05, 0.1) is 31.1 Å². The van der Waals surface area contributed by atoms with Crippen LogP contribution in [0.5, 0.6) is 5.75 Å².